The normalized spacial score (nSPS) is 10.8. The maximum atomic E-state index is 12.4. The first kappa shape index (κ1) is 14.1. The predicted octanol–water partition coefficient (Wildman–Crippen LogP) is 2.91. The van der Waals surface area contributed by atoms with Crippen molar-refractivity contribution in [1.82, 2.24) is 4.98 Å². The van der Waals surface area contributed by atoms with Gasteiger partial charge in [-0.3, -0.25) is 9.59 Å². The lowest BCUT2D eigenvalue weighted by Gasteiger charge is -2.07. The topological polar surface area (TPSA) is 76.0 Å². The van der Waals surface area contributed by atoms with E-state index in [4.69, 9.17) is 5.73 Å². The third kappa shape index (κ3) is 2.39. The van der Waals surface area contributed by atoms with E-state index in [1.165, 1.54) is 6.20 Å². The molecule has 0 saturated heterocycles. The third-order valence-corrected chi connectivity index (χ3v) is 3.70. The van der Waals surface area contributed by atoms with Crippen molar-refractivity contribution in [3.8, 4) is 11.1 Å². The van der Waals surface area contributed by atoms with Crippen molar-refractivity contribution in [2.45, 2.75) is 13.8 Å². The van der Waals surface area contributed by atoms with Gasteiger partial charge in [0.05, 0.1) is 0 Å². The number of nitrogens with two attached hydrogens (primary N) is 1. The summed E-state index contributed by atoms with van der Waals surface area (Å²) >= 11 is 0. The van der Waals surface area contributed by atoms with Gasteiger partial charge in [0.1, 0.15) is 5.56 Å². The lowest BCUT2D eigenvalue weighted by atomic mass is 9.99. The van der Waals surface area contributed by atoms with Crippen molar-refractivity contribution >= 4 is 16.8 Å². The molecule has 0 aliphatic heterocycles. The Morgan fingerprint density at radius 2 is 1.68 bits per heavy atom. The number of aromatic amines is 1. The van der Waals surface area contributed by atoms with Gasteiger partial charge in [-0.1, -0.05) is 35.4 Å². The van der Waals surface area contributed by atoms with Gasteiger partial charge in [-0.25, -0.2) is 0 Å². The van der Waals surface area contributed by atoms with Gasteiger partial charge >= 0.3 is 0 Å². The summed E-state index contributed by atoms with van der Waals surface area (Å²) in [6.07, 6.45) is 1.36. The van der Waals surface area contributed by atoms with Crippen LogP contribution in [0.3, 0.4) is 0 Å². The molecule has 0 bridgehead atoms. The van der Waals surface area contributed by atoms with Crippen molar-refractivity contribution in [1.29, 1.82) is 0 Å². The van der Waals surface area contributed by atoms with E-state index in [-0.39, 0.29) is 11.0 Å². The summed E-state index contributed by atoms with van der Waals surface area (Å²) in [6.45, 7) is 4.07. The fourth-order valence-corrected chi connectivity index (χ4v) is 2.72. The van der Waals surface area contributed by atoms with Crippen LogP contribution in [0.25, 0.3) is 22.0 Å². The van der Waals surface area contributed by atoms with Gasteiger partial charge in [-0.05, 0) is 37.1 Å². The molecule has 0 fully saturated rings. The largest absolute Gasteiger partial charge is 0.365 e. The van der Waals surface area contributed by atoms with Crippen LogP contribution in [0.4, 0.5) is 0 Å². The minimum absolute atomic E-state index is 0.0231. The van der Waals surface area contributed by atoms with Crippen LogP contribution in [0.1, 0.15) is 21.5 Å². The van der Waals surface area contributed by atoms with Gasteiger partial charge in [0.2, 0.25) is 5.43 Å². The summed E-state index contributed by atoms with van der Waals surface area (Å²) in [4.78, 5) is 26.6. The number of nitrogens with one attached hydrogen (secondary N) is 1. The Labute approximate surface area is 127 Å². The second-order valence-corrected chi connectivity index (χ2v) is 5.53. The number of carbonyl (C=O) groups excluding carboxylic acids is 1. The highest BCUT2D eigenvalue weighted by Crippen LogP contribution is 2.24. The second kappa shape index (κ2) is 5.15. The Bertz CT molecular complexity index is 935. The van der Waals surface area contributed by atoms with Gasteiger partial charge in [0, 0.05) is 17.1 Å². The average Bonchev–Trinajstić information content (AvgIpc) is 2.46. The molecule has 3 N–H and O–H groups in total. The fraction of sp³-hybridized carbons (Fsp3) is 0.111. The van der Waals surface area contributed by atoms with E-state index in [2.05, 4.69) is 23.2 Å². The van der Waals surface area contributed by atoms with Crippen molar-refractivity contribution in [2.75, 3.05) is 0 Å². The van der Waals surface area contributed by atoms with Crippen LogP contribution < -0.4 is 11.2 Å². The predicted molar refractivity (Wildman–Crippen MR) is 88.0 cm³/mol. The maximum Gasteiger partial charge on any atom is 0.254 e. The molecule has 3 aromatic rings. The second-order valence-electron chi connectivity index (χ2n) is 5.53. The Morgan fingerprint density at radius 3 is 2.32 bits per heavy atom. The molecule has 4 nitrogen and oxygen atoms in total. The van der Waals surface area contributed by atoms with E-state index in [0.717, 1.165) is 22.3 Å². The van der Waals surface area contributed by atoms with E-state index >= 15 is 0 Å². The lowest BCUT2D eigenvalue weighted by molar-refractivity contribution is 0.0999. The molecule has 22 heavy (non-hydrogen) atoms. The smallest absolute Gasteiger partial charge is 0.254 e. The van der Waals surface area contributed by atoms with Gasteiger partial charge < -0.3 is 10.7 Å². The Kier molecular flexibility index (Phi) is 3.29. The van der Waals surface area contributed by atoms with Crippen LogP contribution in [-0.4, -0.2) is 10.9 Å². The molecule has 3 rings (SSSR count). The van der Waals surface area contributed by atoms with Crippen LogP contribution in [-0.2, 0) is 0 Å². The number of primary amides is 1. The molecule has 0 atom stereocenters. The molecule has 1 amide bonds. The number of aromatic nitrogens is 1. The van der Waals surface area contributed by atoms with Crippen LogP contribution in [0.15, 0.2) is 47.4 Å². The Balaban J connectivity index is 2.26. The number of pyridine rings is 1. The first-order valence-electron chi connectivity index (χ1n) is 6.99. The van der Waals surface area contributed by atoms with E-state index in [1.54, 1.807) is 6.07 Å². The highest BCUT2D eigenvalue weighted by molar-refractivity contribution is 5.96. The minimum atomic E-state index is -0.722. The molecule has 0 aliphatic rings. The number of carbonyl (C=O) groups is 1. The quantitative estimate of drug-likeness (QED) is 0.762. The van der Waals surface area contributed by atoms with Crippen LogP contribution in [0.5, 0.6) is 0 Å². The highest BCUT2D eigenvalue weighted by Gasteiger charge is 2.10. The summed E-state index contributed by atoms with van der Waals surface area (Å²) < 4.78 is 0. The molecule has 2 aromatic carbocycles. The summed E-state index contributed by atoms with van der Waals surface area (Å²) in [5, 5.41) is 0.466. The van der Waals surface area contributed by atoms with Crippen molar-refractivity contribution in [3.63, 3.8) is 0 Å². The number of hydrogen-bond acceptors (Lipinski definition) is 2. The molecule has 0 radical (unpaired) electrons. The standard InChI is InChI=1S/C18H16N2O2/c1-10-5-11(2)7-13(6-10)12-3-4-16-14(8-12)17(21)15(9-20-16)18(19)22/h3-9H,1-2H3,(H2,19,22)(H,20,21). The fourth-order valence-electron chi connectivity index (χ4n) is 2.72. The first-order chi connectivity index (χ1) is 10.5. The van der Waals surface area contributed by atoms with E-state index in [0.29, 0.717) is 10.9 Å². The molecule has 1 heterocycles. The summed E-state index contributed by atoms with van der Waals surface area (Å²) in [7, 11) is 0. The van der Waals surface area contributed by atoms with Crippen LogP contribution in [0, 0.1) is 13.8 Å². The van der Waals surface area contributed by atoms with Crippen LogP contribution >= 0.6 is 0 Å². The van der Waals surface area contributed by atoms with Crippen molar-refractivity contribution < 1.29 is 4.79 Å². The van der Waals surface area contributed by atoms with Gasteiger partial charge in [-0.15, -0.1) is 0 Å². The molecular weight excluding hydrogens is 276 g/mol. The van der Waals surface area contributed by atoms with Gasteiger partial charge in [0.15, 0.2) is 0 Å². The Hall–Kier alpha value is -2.88. The number of fused-ring (bicyclic) bond motifs is 1. The van der Waals surface area contributed by atoms with Gasteiger partial charge in [0.25, 0.3) is 5.91 Å². The monoisotopic (exact) mass is 292 g/mol. The van der Waals surface area contributed by atoms with Crippen LogP contribution in [0.2, 0.25) is 0 Å². The average molecular weight is 292 g/mol. The van der Waals surface area contributed by atoms with E-state index < -0.39 is 5.91 Å². The molecule has 1 aromatic heterocycles. The first-order valence-corrected chi connectivity index (χ1v) is 6.99. The minimum Gasteiger partial charge on any atom is -0.365 e. The van der Waals surface area contributed by atoms with E-state index in [9.17, 15) is 9.59 Å². The van der Waals surface area contributed by atoms with Crippen molar-refractivity contribution in [3.05, 3.63) is 69.5 Å². The summed E-state index contributed by atoms with van der Waals surface area (Å²) in [5.74, 6) is -0.722. The number of rotatable bonds is 2. The number of H-pyrrole nitrogens is 1. The number of benzene rings is 2. The molecular formula is C18H16N2O2. The molecule has 4 heteroatoms. The van der Waals surface area contributed by atoms with Gasteiger partial charge in [-0.2, -0.15) is 0 Å². The molecule has 0 saturated carbocycles. The third-order valence-electron chi connectivity index (χ3n) is 3.70. The number of aryl methyl sites for hydroxylation is 2. The SMILES string of the molecule is Cc1cc(C)cc(-c2ccc3[nH]cc(C(N)=O)c(=O)c3c2)c1. The number of amides is 1. The zero-order valence-electron chi connectivity index (χ0n) is 12.4. The molecule has 110 valence electrons. The summed E-state index contributed by atoms with van der Waals surface area (Å²) in [5.41, 5.74) is 9.86. The van der Waals surface area contributed by atoms with E-state index in [1.807, 2.05) is 26.0 Å². The lowest BCUT2D eigenvalue weighted by Crippen LogP contribution is -2.22. The molecule has 0 spiro atoms. The highest BCUT2D eigenvalue weighted by atomic mass is 16.2. The maximum absolute atomic E-state index is 12.4. The van der Waals surface area contributed by atoms with Crippen molar-refractivity contribution in [2.24, 2.45) is 5.73 Å². The Morgan fingerprint density at radius 1 is 1.00 bits per heavy atom. The zero-order chi connectivity index (χ0) is 15.9. The zero-order valence-corrected chi connectivity index (χ0v) is 12.4. The number of hydrogen-bond donors (Lipinski definition) is 2. The summed E-state index contributed by atoms with van der Waals surface area (Å²) in [6, 6.07) is 11.8. The molecule has 0 unspecified atom stereocenters. The molecule has 0 aliphatic carbocycles.